The molecule has 0 heterocycles. The summed E-state index contributed by atoms with van der Waals surface area (Å²) in [5.74, 6) is 0.196. The number of Topliss-reactive ketones (excluding diaryl/α,β-unsaturated/α-hetero) is 1. The topological polar surface area (TPSA) is 29.1 Å². The molecule has 0 saturated heterocycles. The van der Waals surface area contributed by atoms with E-state index in [0.29, 0.717) is 12.8 Å². The third kappa shape index (κ3) is 4.45. The van der Waals surface area contributed by atoms with Crippen molar-refractivity contribution in [1.29, 1.82) is 0 Å². The molecule has 1 N–H and O–H groups in total. The number of nitrogens with one attached hydrogen (secondary N) is 1. The summed E-state index contributed by atoms with van der Waals surface area (Å²) in [5, 5.41) is 3.19. The Hall–Kier alpha value is -1.57. The molecule has 15 heavy (non-hydrogen) atoms. The molecule has 0 unspecified atom stereocenters. The van der Waals surface area contributed by atoms with Gasteiger partial charge in [-0.15, -0.1) is 0 Å². The van der Waals surface area contributed by atoms with E-state index < -0.39 is 0 Å². The molecule has 0 aliphatic heterocycles. The van der Waals surface area contributed by atoms with Gasteiger partial charge in [-0.1, -0.05) is 18.7 Å². The summed E-state index contributed by atoms with van der Waals surface area (Å²) < 4.78 is 0. The van der Waals surface area contributed by atoms with E-state index in [9.17, 15) is 4.79 Å². The molecular formula is C13H17NO. The monoisotopic (exact) mass is 203 g/mol. The minimum atomic E-state index is 0.196. The van der Waals surface area contributed by atoms with Gasteiger partial charge in [-0.25, -0.2) is 0 Å². The van der Waals surface area contributed by atoms with Crippen molar-refractivity contribution in [2.75, 3.05) is 5.32 Å². The van der Waals surface area contributed by atoms with Gasteiger partial charge in [-0.2, -0.15) is 0 Å². The molecule has 0 aliphatic carbocycles. The number of allylic oxidation sites excluding steroid dienone is 1. The Balaban J connectivity index is 2.48. The molecule has 2 heteroatoms. The van der Waals surface area contributed by atoms with Crippen LogP contribution in [-0.2, 0) is 4.79 Å². The summed E-state index contributed by atoms with van der Waals surface area (Å²) in [6, 6.07) is 8.09. The minimum Gasteiger partial charge on any atom is -0.359 e. The molecule has 0 aromatic heterocycles. The highest BCUT2D eigenvalue weighted by Crippen LogP contribution is 2.13. The second kappa shape index (κ2) is 5.35. The normalized spacial score (nSPS) is 9.73. The number of hydrogen-bond acceptors (Lipinski definition) is 2. The second-order valence-electron chi connectivity index (χ2n) is 3.80. The fourth-order valence-corrected chi connectivity index (χ4v) is 1.32. The Labute approximate surface area is 91.0 Å². The van der Waals surface area contributed by atoms with Crippen molar-refractivity contribution < 1.29 is 4.79 Å². The van der Waals surface area contributed by atoms with Crippen LogP contribution in [-0.4, -0.2) is 5.78 Å². The van der Waals surface area contributed by atoms with Gasteiger partial charge in [0, 0.05) is 17.8 Å². The first-order valence-corrected chi connectivity index (χ1v) is 5.09. The Kier molecular flexibility index (Phi) is 4.10. The third-order valence-corrected chi connectivity index (χ3v) is 2.12. The SMILES string of the molecule is C=C(CCC(C)=O)Nc1cccc(C)c1. The van der Waals surface area contributed by atoms with Crippen molar-refractivity contribution in [3.05, 3.63) is 42.1 Å². The van der Waals surface area contributed by atoms with Gasteiger partial charge < -0.3 is 10.1 Å². The van der Waals surface area contributed by atoms with Gasteiger partial charge in [0.25, 0.3) is 0 Å². The summed E-state index contributed by atoms with van der Waals surface area (Å²) in [6.45, 7) is 7.53. The van der Waals surface area contributed by atoms with E-state index in [-0.39, 0.29) is 5.78 Å². The molecule has 0 fully saturated rings. The first kappa shape index (κ1) is 11.5. The highest BCUT2D eigenvalue weighted by molar-refractivity contribution is 5.75. The van der Waals surface area contributed by atoms with E-state index in [4.69, 9.17) is 0 Å². The van der Waals surface area contributed by atoms with Crippen LogP contribution in [0.5, 0.6) is 0 Å². The number of hydrogen-bond donors (Lipinski definition) is 1. The summed E-state index contributed by atoms with van der Waals surface area (Å²) in [7, 11) is 0. The molecule has 0 saturated carbocycles. The Morgan fingerprint density at radius 1 is 1.40 bits per heavy atom. The van der Waals surface area contributed by atoms with Crippen molar-refractivity contribution in [3.8, 4) is 0 Å². The predicted molar refractivity (Wildman–Crippen MR) is 63.9 cm³/mol. The van der Waals surface area contributed by atoms with Gasteiger partial charge in [-0.3, -0.25) is 0 Å². The maximum absolute atomic E-state index is 10.8. The van der Waals surface area contributed by atoms with Crippen LogP contribution < -0.4 is 5.32 Å². The largest absolute Gasteiger partial charge is 0.359 e. The zero-order valence-corrected chi connectivity index (χ0v) is 9.34. The quantitative estimate of drug-likeness (QED) is 0.795. The predicted octanol–water partition coefficient (Wildman–Crippen LogP) is 3.29. The minimum absolute atomic E-state index is 0.196. The maximum atomic E-state index is 10.8. The first-order chi connectivity index (χ1) is 7.08. The fraction of sp³-hybridized carbons (Fsp3) is 0.308. The molecular weight excluding hydrogens is 186 g/mol. The third-order valence-electron chi connectivity index (χ3n) is 2.12. The number of benzene rings is 1. The molecule has 2 nitrogen and oxygen atoms in total. The lowest BCUT2D eigenvalue weighted by Gasteiger charge is -2.09. The van der Waals surface area contributed by atoms with Crippen LogP contribution in [0.15, 0.2) is 36.5 Å². The van der Waals surface area contributed by atoms with E-state index in [1.807, 2.05) is 25.1 Å². The van der Waals surface area contributed by atoms with Crippen LogP contribution >= 0.6 is 0 Å². The highest BCUT2D eigenvalue weighted by Gasteiger charge is 1.98. The van der Waals surface area contributed by atoms with Gasteiger partial charge in [0.15, 0.2) is 0 Å². The van der Waals surface area contributed by atoms with Gasteiger partial charge in [-0.05, 0) is 38.0 Å². The number of anilines is 1. The summed E-state index contributed by atoms with van der Waals surface area (Å²) in [4.78, 5) is 10.8. The smallest absolute Gasteiger partial charge is 0.130 e. The van der Waals surface area contributed by atoms with Crippen molar-refractivity contribution in [2.24, 2.45) is 0 Å². The van der Waals surface area contributed by atoms with Crippen molar-refractivity contribution in [1.82, 2.24) is 0 Å². The highest BCUT2D eigenvalue weighted by atomic mass is 16.1. The van der Waals surface area contributed by atoms with Gasteiger partial charge in [0.05, 0.1) is 0 Å². The standard InChI is InChI=1S/C13H17NO/c1-10-5-4-6-13(9-10)14-11(2)7-8-12(3)15/h4-6,9,14H,2,7-8H2,1,3H3. The second-order valence-corrected chi connectivity index (χ2v) is 3.80. The molecule has 0 amide bonds. The lowest BCUT2D eigenvalue weighted by molar-refractivity contribution is -0.116. The zero-order valence-electron chi connectivity index (χ0n) is 9.34. The van der Waals surface area contributed by atoms with Crippen molar-refractivity contribution >= 4 is 11.5 Å². The van der Waals surface area contributed by atoms with Crippen LogP contribution in [0.2, 0.25) is 0 Å². The number of carbonyl (C=O) groups excluding carboxylic acids is 1. The molecule has 0 atom stereocenters. The average Bonchev–Trinajstić information content (AvgIpc) is 2.15. The Morgan fingerprint density at radius 2 is 2.13 bits per heavy atom. The van der Waals surface area contributed by atoms with E-state index >= 15 is 0 Å². The van der Waals surface area contributed by atoms with E-state index in [1.54, 1.807) is 6.92 Å². The van der Waals surface area contributed by atoms with Crippen LogP contribution in [0.1, 0.15) is 25.3 Å². The Bertz CT molecular complexity index is 369. The number of ketones is 1. The molecule has 1 rings (SSSR count). The number of aryl methyl sites for hydroxylation is 1. The van der Waals surface area contributed by atoms with Crippen LogP contribution in [0.4, 0.5) is 5.69 Å². The summed E-state index contributed by atoms with van der Waals surface area (Å²) in [6.07, 6.45) is 1.25. The molecule has 0 spiro atoms. The Morgan fingerprint density at radius 3 is 2.73 bits per heavy atom. The molecule has 0 bridgehead atoms. The van der Waals surface area contributed by atoms with Crippen molar-refractivity contribution in [3.63, 3.8) is 0 Å². The van der Waals surface area contributed by atoms with Gasteiger partial charge in [0.1, 0.15) is 5.78 Å². The summed E-state index contributed by atoms with van der Waals surface area (Å²) in [5.41, 5.74) is 3.12. The zero-order chi connectivity index (χ0) is 11.3. The molecule has 0 aliphatic rings. The average molecular weight is 203 g/mol. The number of carbonyl (C=O) groups is 1. The molecule has 80 valence electrons. The van der Waals surface area contributed by atoms with E-state index in [2.05, 4.69) is 18.0 Å². The van der Waals surface area contributed by atoms with E-state index in [1.165, 1.54) is 5.56 Å². The van der Waals surface area contributed by atoms with Crippen LogP contribution in [0.25, 0.3) is 0 Å². The molecule has 0 radical (unpaired) electrons. The van der Waals surface area contributed by atoms with Crippen LogP contribution in [0.3, 0.4) is 0 Å². The molecule has 1 aromatic carbocycles. The maximum Gasteiger partial charge on any atom is 0.130 e. The van der Waals surface area contributed by atoms with Gasteiger partial charge >= 0.3 is 0 Å². The lowest BCUT2D eigenvalue weighted by atomic mass is 10.2. The first-order valence-electron chi connectivity index (χ1n) is 5.09. The van der Waals surface area contributed by atoms with Gasteiger partial charge in [0.2, 0.25) is 0 Å². The molecule has 1 aromatic rings. The number of rotatable bonds is 5. The van der Waals surface area contributed by atoms with E-state index in [0.717, 1.165) is 11.4 Å². The lowest BCUT2D eigenvalue weighted by Crippen LogP contribution is -2.00. The summed E-state index contributed by atoms with van der Waals surface area (Å²) >= 11 is 0. The van der Waals surface area contributed by atoms with Crippen molar-refractivity contribution in [2.45, 2.75) is 26.7 Å². The fourth-order valence-electron chi connectivity index (χ4n) is 1.32. The van der Waals surface area contributed by atoms with Crippen LogP contribution in [0, 0.1) is 6.92 Å².